The molecule has 3 rings (SSSR count). The number of hydrogen-bond donors (Lipinski definition) is 2. The summed E-state index contributed by atoms with van der Waals surface area (Å²) < 4.78 is 31.6. The van der Waals surface area contributed by atoms with Gasteiger partial charge in [0.2, 0.25) is 15.9 Å². The zero-order valence-corrected chi connectivity index (χ0v) is 20.0. The lowest BCUT2D eigenvalue weighted by molar-refractivity contribution is -0.116. The Hall–Kier alpha value is -3.69. The van der Waals surface area contributed by atoms with Gasteiger partial charge in [-0.05, 0) is 48.9 Å². The first-order chi connectivity index (χ1) is 16.2. The topological polar surface area (TPSA) is 105 Å². The van der Waals surface area contributed by atoms with Crippen LogP contribution in [0.4, 0.5) is 5.69 Å². The number of methoxy groups -OCH3 is 1. The van der Waals surface area contributed by atoms with Gasteiger partial charge in [-0.3, -0.25) is 9.59 Å². The standard InChI is InChI=1S/C25H27N3O5S/c1-18(19-9-5-4-6-10-19)26-25(30)22-11-7-8-12-23(22)27-24(29)17-28(2)34(31,32)21-15-13-20(33-3)14-16-21/h4-16,18H,17H2,1-3H3,(H,26,30)(H,27,29)/t18-/m0/s1. The minimum atomic E-state index is -3.89. The normalized spacial score (nSPS) is 12.1. The predicted molar refractivity (Wildman–Crippen MR) is 130 cm³/mol. The lowest BCUT2D eigenvalue weighted by Crippen LogP contribution is -2.35. The van der Waals surface area contributed by atoms with E-state index in [1.54, 1.807) is 24.3 Å². The van der Waals surface area contributed by atoms with Gasteiger partial charge < -0.3 is 15.4 Å². The Kier molecular flexibility index (Phi) is 8.04. The second kappa shape index (κ2) is 11.0. The van der Waals surface area contributed by atoms with Gasteiger partial charge in [-0.15, -0.1) is 0 Å². The second-order valence-electron chi connectivity index (χ2n) is 7.64. The molecule has 0 heterocycles. The number of hydrogen-bond acceptors (Lipinski definition) is 5. The number of amides is 2. The number of para-hydroxylation sites is 1. The van der Waals surface area contributed by atoms with Crippen molar-refractivity contribution in [2.24, 2.45) is 0 Å². The third kappa shape index (κ3) is 6.00. The SMILES string of the molecule is COc1ccc(S(=O)(=O)N(C)CC(=O)Nc2ccccc2C(=O)N[C@@H](C)c2ccccc2)cc1. The molecule has 0 radical (unpaired) electrons. The smallest absolute Gasteiger partial charge is 0.253 e. The average Bonchev–Trinajstić information content (AvgIpc) is 2.84. The number of carbonyl (C=O) groups excluding carboxylic acids is 2. The van der Waals surface area contributed by atoms with Crippen LogP contribution in [0.25, 0.3) is 0 Å². The Balaban J connectivity index is 1.68. The molecule has 0 aliphatic carbocycles. The first kappa shape index (κ1) is 24.9. The van der Waals surface area contributed by atoms with E-state index < -0.39 is 22.5 Å². The number of rotatable bonds is 9. The lowest BCUT2D eigenvalue weighted by Gasteiger charge is -2.19. The van der Waals surface area contributed by atoms with Gasteiger partial charge >= 0.3 is 0 Å². The Labute approximate surface area is 199 Å². The lowest BCUT2D eigenvalue weighted by atomic mass is 10.1. The second-order valence-corrected chi connectivity index (χ2v) is 9.68. The molecule has 178 valence electrons. The molecule has 3 aromatic rings. The molecule has 2 N–H and O–H groups in total. The molecule has 0 spiro atoms. The van der Waals surface area contributed by atoms with Crippen LogP contribution in [-0.4, -0.2) is 45.2 Å². The molecule has 0 fully saturated rings. The molecule has 3 aromatic carbocycles. The van der Waals surface area contributed by atoms with Crippen LogP contribution in [0.5, 0.6) is 5.75 Å². The maximum absolute atomic E-state index is 12.9. The molecule has 0 bridgehead atoms. The molecule has 1 atom stereocenters. The van der Waals surface area contributed by atoms with Crippen LogP contribution in [0, 0.1) is 0 Å². The van der Waals surface area contributed by atoms with Crippen LogP contribution in [0.15, 0.2) is 83.8 Å². The summed E-state index contributed by atoms with van der Waals surface area (Å²) in [5.41, 5.74) is 1.52. The zero-order valence-electron chi connectivity index (χ0n) is 19.2. The minimum Gasteiger partial charge on any atom is -0.497 e. The van der Waals surface area contributed by atoms with Gasteiger partial charge in [-0.2, -0.15) is 4.31 Å². The maximum Gasteiger partial charge on any atom is 0.253 e. The number of ether oxygens (including phenoxy) is 1. The number of nitrogens with zero attached hydrogens (tertiary/aromatic N) is 1. The van der Waals surface area contributed by atoms with Crippen LogP contribution >= 0.6 is 0 Å². The van der Waals surface area contributed by atoms with Crippen molar-refractivity contribution in [1.82, 2.24) is 9.62 Å². The third-order valence-corrected chi connectivity index (χ3v) is 7.04. The summed E-state index contributed by atoms with van der Waals surface area (Å²) in [6.07, 6.45) is 0. The van der Waals surface area contributed by atoms with Gasteiger partial charge in [0, 0.05) is 7.05 Å². The van der Waals surface area contributed by atoms with Crippen LogP contribution < -0.4 is 15.4 Å². The van der Waals surface area contributed by atoms with E-state index in [9.17, 15) is 18.0 Å². The molecule has 0 saturated heterocycles. The average molecular weight is 482 g/mol. The Morgan fingerprint density at radius 3 is 2.21 bits per heavy atom. The molecule has 0 aromatic heterocycles. The van der Waals surface area contributed by atoms with E-state index in [0.29, 0.717) is 11.4 Å². The Bertz CT molecular complexity index is 1250. The molecule has 0 saturated carbocycles. The number of sulfonamides is 1. The molecule has 0 unspecified atom stereocenters. The molecular formula is C25H27N3O5S. The maximum atomic E-state index is 12.9. The van der Waals surface area contributed by atoms with Gasteiger partial charge in [-0.25, -0.2) is 8.42 Å². The fourth-order valence-corrected chi connectivity index (χ4v) is 4.42. The van der Waals surface area contributed by atoms with Crippen LogP contribution in [0.2, 0.25) is 0 Å². The number of carbonyl (C=O) groups is 2. The van der Waals surface area contributed by atoms with E-state index in [1.807, 2.05) is 37.3 Å². The van der Waals surface area contributed by atoms with Gasteiger partial charge in [-0.1, -0.05) is 42.5 Å². The summed E-state index contributed by atoms with van der Waals surface area (Å²) in [6.45, 7) is 1.44. The highest BCUT2D eigenvalue weighted by molar-refractivity contribution is 7.89. The van der Waals surface area contributed by atoms with Crippen molar-refractivity contribution >= 4 is 27.5 Å². The molecule has 9 heteroatoms. The first-order valence-electron chi connectivity index (χ1n) is 10.6. The van der Waals surface area contributed by atoms with Crippen molar-refractivity contribution in [3.63, 3.8) is 0 Å². The number of benzene rings is 3. The van der Waals surface area contributed by atoms with Gasteiger partial charge in [0.1, 0.15) is 5.75 Å². The fourth-order valence-electron chi connectivity index (χ4n) is 3.29. The van der Waals surface area contributed by atoms with E-state index in [0.717, 1.165) is 9.87 Å². The Morgan fingerprint density at radius 1 is 0.941 bits per heavy atom. The molecule has 8 nitrogen and oxygen atoms in total. The van der Waals surface area contributed by atoms with E-state index in [4.69, 9.17) is 4.74 Å². The van der Waals surface area contributed by atoms with Crippen molar-refractivity contribution in [3.05, 3.63) is 90.0 Å². The summed E-state index contributed by atoms with van der Waals surface area (Å²) in [5.74, 6) is -0.404. The first-order valence-corrected chi connectivity index (χ1v) is 12.0. The van der Waals surface area contributed by atoms with Crippen molar-refractivity contribution in [2.45, 2.75) is 17.9 Å². The van der Waals surface area contributed by atoms with Crippen LogP contribution in [-0.2, 0) is 14.8 Å². The summed E-state index contributed by atoms with van der Waals surface area (Å²) in [4.78, 5) is 25.6. The zero-order chi connectivity index (χ0) is 24.7. The van der Waals surface area contributed by atoms with Crippen molar-refractivity contribution < 1.29 is 22.7 Å². The summed E-state index contributed by atoms with van der Waals surface area (Å²) in [7, 11) is -1.08. The van der Waals surface area contributed by atoms with Gasteiger partial charge in [0.25, 0.3) is 5.91 Å². The van der Waals surface area contributed by atoms with E-state index in [-0.39, 0.29) is 22.4 Å². The van der Waals surface area contributed by atoms with Gasteiger partial charge in [0.15, 0.2) is 0 Å². The van der Waals surface area contributed by atoms with Crippen molar-refractivity contribution in [3.8, 4) is 5.75 Å². The highest BCUT2D eigenvalue weighted by Gasteiger charge is 2.24. The van der Waals surface area contributed by atoms with Crippen molar-refractivity contribution in [1.29, 1.82) is 0 Å². The summed E-state index contributed by atoms with van der Waals surface area (Å²) >= 11 is 0. The third-order valence-electron chi connectivity index (χ3n) is 5.23. The number of nitrogens with one attached hydrogen (secondary N) is 2. The van der Waals surface area contributed by atoms with Crippen LogP contribution in [0.1, 0.15) is 28.9 Å². The molecule has 0 aliphatic rings. The quantitative estimate of drug-likeness (QED) is 0.487. The van der Waals surface area contributed by atoms with Gasteiger partial charge in [0.05, 0.1) is 35.8 Å². The Morgan fingerprint density at radius 2 is 1.56 bits per heavy atom. The van der Waals surface area contributed by atoms with E-state index in [2.05, 4.69) is 10.6 Å². The molecular weight excluding hydrogens is 454 g/mol. The van der Waals surface area contributed by atoms with E-state index in [1.165, 1.54) is 38.4 Å². The molecule has 0 aliphatic heterocycles. The number of anilines is 1. The van der Waals surface area contributed by atoms with E-state index >= 15 is 0 Å². The molecule has 34 heavy (non-hydrogen) atoms. The monoisotopic (exact) mass is 481 g/mol. The van der Waals surface area contributed by atoms with Crippen molar-refractivity contribution in [2.75, 3.05) is 26.0 Å². The highest BCUT2D eigenvalue weighted by Crippen LogP contribution is 2.20. The predicted octanol–water partition coefficient (Wildman–Crippen LogP) is 3.45. The summed E-state index contributed by atoms with van der Waals surface area (Å²) in [5, 5.41) is 5.57. The minimum absolute atomic E-state index is 0.0401. The highest BCUT2D eigenvalue weighted by atomic mass is 32.2. The largest absolute Gasteiger partial charge is 0.497 e. The fraction of sp³-hybridized carbons (Fsp3) is 0.200. The number of likely N-dealkylation sites (N-methyl/N-ethyl adjacent to an activating group) is 1. The van der Waals surface area contributed by atoms with Crippen LogP contribution in [0.3, 0.4) is 0 Å². The summed E-state index contributed by atoms with van der Waals surface area (Å²) in [6, 6.07) is 21.7. The molecule has 2 amide bonds.